The molecule has 160 valence electrons. The van der Waals surface area contributed by atoms with Crippen molar-refractivity contribution in [2.45, 2.75) is 31.5 Å². The predicted molar refractivity (Wildman–Crippen MR) is 109 cm³/mol. The number of nitrogens with one attached hydrogen (secondary N) is 1. The summed E-state index contributed by atoms with van der Waals surface area (Å²) in [5, 5.41) is 3.15. The smallest absolute Gasteiger partial charge is 0.371 e. The summed E-state index contributed by atoms with van der Waals surface area (Å²) in [5.74, 6) is 0.0897. The Morgan fingerprint density at radius 2 is 1.50 bits per heavy atom. The standard InChI is InChI=1S/C22H25F3N4O/c23-22(24,25)17-1-3-19(4-2-17)29-14-9-18(15-29)27-21(30)16-7-12-28(13-8-16)20-5-10-26-11-6-20/h1-6,10-11,16,18H,7-9,12-15H2,(H,27,30)/t18-/m0/s1. The highest BCUT2D eigenvalue weighted by atomic mass is 19.4. The van der Waals surface area contributed by atoms with Crippen molar-refractivity contribution in [2.75, 3.05) is 36.0 Å². The lowest BCUT2D eigenvalue weighted by Crippen LogP contribution is -2.44. The summed E-state index contributed by atoms with van der Waals surface area (Å²) in [5.41, 5.74) is 1.24. The normalized spacial score (nSPS) is 20.4. The van der Waals surface area contributed by atoms with Gasteiger partial charge in [-0.2, -0.15) is 13.2 Å². The molecule has 0 aliphatic carbocycles. The Kier molecular flexibility index (Phi) is 5.83. The van der Waals surface area contributed by atoms with Gasteiger partial charge < -0.3 is 15.1 Å². The van der Waals surface area contributed by atoms with E-state index in [0.29, 0.717) is 6.54 Å². The topological polar surface area (TPSA) is 48.5 Å². The van der Waals surface area contributed by atoms with E-state index in [2.05, 4.69) is 15.2 Å². The van der Waals surface area contributed by atoms with E-state index in [1.807, 2.05) is 17.0 Å². The van der Waals surface area contributed by atoms with E-state index in [4.69, 9.17) is 0 Å². The molecule has 0 bridgehead atoms. The molecule has 30 heavy (non-hydrogen) atoms. The molecule has 2 saturated heterocycles. The molecule has 0 saturated carbocycles. The van der Waals surface area contributed by atoms with E-state index in [-0.39, 0.29) is 17.9 Å². The Morgan fingerprint density at radius 3 is 2.13 bits per heavy atom. The minimum Gasteiger partial charge on any atom is -0.371 e. The Bertz CT molecular complexity index is 849. The highest BCUT2D eigenvalue weighted by Gasteiger charge is 2.32. The minimum atomic E-state index is -4.33. The number of nitrogens with zero attached hydrogens (tertiary/aromatic N) is 3. The fourth-order valence-corrected chi connectivity index (χ4v) is 4.25. The van der Waals surface area contributed by atoms with Gasteiger partial charge in [-0.25, -0.2) is 0 Å². The van der Waals surface area contributed by atoms with Gasteiger partial charge in [-0.1, -0.05) is 0 Å². The average molecular weight is 418 g/mol. The highest BCUT2D eigenvalue weighted by molar-refractivity contribution is 5.79. The summed E-state index contributed by atoms with van der Waals surface area (Å²) in [6.07, 6.45) is 1.63. The van der Waals surface area contributed by atoms with Crippen LogP contribution in [0.5, 0.6) is 0 Å². The molecule has 1 atom stereocenters. The molecule has 0 spiro atoms. The van der Waals surface area contributed by atoms with Crippen LogP contribution < -0.4 is 15.1 Å². The van der Waals surface area contributed by atoms with Gasteiger partial charge in [-0.15, -0.1) is 0 Å². The van der Waals surface area contributed by atoms with E-state index in [9.17, 15) is 18.0 Å². The number of pyridine rings is 1. The summed E-state index contributed by atoms with van der Waals surface area (Å²) in [6.45, 7) is 3.01. The van der Waals surface area contributed by atoms with Crippen molar-refractivity contribution in [3.63, 3.8) is 0 Å². The van der Waals surface area contributed by atoms with Crippen molar-refractivity contribution >= 4 is 17.3 Å². The van der Waals surface area contributed by atoms with Crippen LogP contribution in [0.2, 0.25) is 0 Å². The second-order valence-electron chi connectivity index (χ2n) is 7.95. The van der Waals surface area contributed by atoms with Gasteiger partial charge in [0.1, 0.15) is 0 Å². The minimum absolute atomic E-state index is 0.00297. The monoisotopic (exact) mass is 418 g/mol. The van der Waals surface area contributed by atoms with Crippen LogP contribution in [0.4, 0.5) is 24.5 Å². The largest absolute Gasteiger partial charge is 0.416 e. The maximum absolute atomic E-state index is 12.7. The zero-order valence-corrected chi connectivity index (χ0v) is 16.6. The van der Waals surface area contributed by atoms with Crippen molar-refractivity contribution in [1.29, 1.82) is 0 Å². The van der Waals surface area contributed by atoms with Crippen LogP contribution in [-0.4, -0.2) is 43.1 Å². The number of carbonyl (C=O) groups is 1. The molecule has 1 aromatic carbocycles. The lowest BCUT2D eigenvalue weighted by molar-refractivity contribution is -0.137. The molecule has 1 N–H and O–H groups in total. The third-order valence-corrected chi connectivity index (χ3v) is 5.99. The van der Waals surface area contributed by atoms with Crippen molar-refractivity contribution in [3.8, 4) is 0 Å². The highest BCUT2D eigenvalue weighted by Crippen LogP contribution is 2.31. The molecular weight excluding hydrogens is 393 g/mol. The number of aromatic nitrogens is 1. The SMILES string of the molecule is O=C(N[C@H]1CCN(c2ccc(C(F)(F)F)cc2)C1)C1CCN(c2ccncc2)CC1. The summed E-state index contributed by atoms with van der Waals surface area (Å²) in [6, 6.07) is 9.21. The second-order valence-corrected chi connectivity index (χ2v) is 7.95. The van der Waals surface area contributed by atoms with E-state index >= 15 is 0 Å². The van der Waals surface area contributed by atoms with Gasteiger partial charge in [-0.3, -0.25) is 9.78 Å². The molecule has 2 aromatic rings. The Hall–Kier alpha value is -2.77. The molecule has 3 heterocycles. The number of piperidine rings is 1. The van der Waals surface area contributed by atoms with Gasteiger partial charge in [0, 0.05) is 61.9 Å². The Labute approximate surface area is 173 Å². The molecule has 2 aliphatic heterocycles. The summed E-state index contributed by atoms with van der Waals surface area (Å²) in [4.78, 5) is 21.0. The number of hydrogen-bond donors (Lipinski definition) is 1. The maximum Gasteiger partial charge on any atom is 0.416 e. The lowest BCUT2D eigenvalue weighted by atomic mass is 9.95. The number of benzene rings is 1. The van der Waals surface area contributed by atoms with Crippen LogP contribution in [0.25, 0.3) is 0 Å². The van der Waals surface area contributed by atoms with Crippen LogP contribution in [0.15, 0.2) is 48.8 Å². The number of halogens is 3. The molecular formula is C22H25F3N4O. The first-order valence-corrected chi connectivity index (χ1v) is 10.3. The van der Waals surface area contributed by atoms with Crippen molar-refractivity contribution in [1.82, 2.24) is 10.3 Å². The molecule has 1 aromatic heterocycles. The zero-order chi connectivity index (χ0) is 21.1. The third kappa shape index (κ3) is 4.68. The molecule has 1 amide bonds. The van der Waals surface area contributed by atoms with Gasteiger partial charge in [0.05, 0.1) is 5.56 Å². The van der Waals surface area contributed by atoms with E-state index < -0.39 is 11.7 Å². The zero-order valence-electron chi connectivity index (χ0n) is 16.6. The quantitative estimate of drug-likeness (QED) is 0.823. The second kappa shape index (κ2) is 8.53. The van der Waals surface area contributed by atoms with Crippen LogP contribution in [0, 0.1) is 5.92 Å². The molecule has 2 aliphatic rings. The lowest BCUT2D eigenvalue weighted by Gasteiger charge is -2.33. The number of amides is 1. The van der Waals surface area contributed by atoms with Crippen LogP contribution >= 0.6 is 0 Å². The maximum atomic E-state index is 12.7. The van der Waals surface area contributed by atoms with E-state index in [1.54, 1.807) is 12.4 Å². The first-order chi connectivity index (χ1) is 14.4. The van der Waals surface area contributed by atoms with Crippen LogP contribution in [0.1, 0.15) is 24.8 Å². The molecule has 0 unspecified atom stereocenters. The Balaban J connectivity index is 1.26. The Morgan fingerprint density at radius 1 is 0.900 bits per heavy atom. The van der Waals surface area contributed by atoms with Crippen LogP contribution in [0.3, 0.4) is 0 Å². The van der Waals surface area contributed by atoms with Crippen molar-refractivity contribution in [3.05, 3.63) is 54.4 Å². The fraction of sp³-hybridized carbons (Fsp3) is 0.455. The average Bonchev–Trinajstić information content (AvgIpc) is 3.22. The fourth-order valence-electron chi connectivity index (χ4n) is 4.25. The number of alkyl halides is 3. The molecule has 0 radical (unpaired) electrons. The number of rotatable bonds is 4. The molecule has 2 fully saturated rings. The van der Waals surface area contributed by atoms with Crippen molar-refractivity contribution in [2.24, 2.45) is 5.92 Å². The first kappa shape index (κ1) is 20.5. The van der Waals surface area contributed by atoms with Gasteiger partial charge in [-0.05, 0) is 55.7 Å². The molecule has 4 rings (SSSR count). The third-order valence-electron chi connectivity index (χ3n) is 5.99. The number of carbonyl (C=O) groups excluding carboxylic acids is 1. The summed E-state index contributed by atoms with van der Waals surface area (Å²) < 4.78 is 38.2. The van der Waals surface area contributed by atoms with Gasteiger partial charge in [0.2, 0.25) is 5.91 Å². The van der Waals surface area contributed by atoms with E-state index in [1.165, 1.54) is 12.1 Å². The number of hydrogen-bond acceptors (Lipinski definition) is 4. The number of anilines is 2. The predicted octanol–water partition coefficient (Wildman–Crippen LogP) is 3.71. The molecule has 5 nitrogen and oxygen atoms in total. The molecule has 8 heteroatoms. The summed E-state index contributed by atoms with van der Waals surface area (Å²) in [7, 11) is 0. The van der Waals surface area contributed by atoms with Crippen molar-refractivity contribution < 1.29 is 18.0 Å². The van der Waals surface area contributed by atoms with Gasteiger partial charge >= 0.3 is 6.18 Å². The van der Waals surface area contributed by atoms with E-state index in [0.717, 1.165) is 62.4 Å². The van der Waals surface area contributed by atoms with Crippen LogP contribution in [-0.2, 0) is 11.0 Å². The first-order valence-electron chi connectivity index (χ1n) is 10.3. The van der Waals surface area contributed by atoms with Gasteiger partial charge in [0.25, 0.3) is 0 Å². The summed E-state index contributed by atoms with van der Waals surface area (Å²) >= 11 is 0. The van der Waals surface area contributed by atoms with Gasteiger partial charge in [0.15, 0.2) is 0 Å².